The first kappa shape index (κ1) is 16.1. The molecule has 1 aliphatic rings. The minimum Gasteiger partial charge on any atom is -0.135 e. The molecule has 0 saturated carbocycles. The Bertz CT molecular complexity index is 1380. The molecule has 0 spiro atoms. The second kappa shape index (κ2) is 5.56. The van der Waals surface area contributed by atoms with Crippen LogP contribution in [0.3, 0.4) is 0 Å². The van der Waals surface area contributed by atoms with Crippen molar-refractivity contribution < 1.29 is 0 Å². The summed E-state index contributed by atoms with van der Waals surface area (Å²) in [5.41, 5.74) is 8.33. The van der Waals surface area contributed by atoms with E-state index in [0.29, 0.717) is 0 Å². The lowest BCUT2D eigenvalue weighted by atomic mass is 9.81. The lowest BCUT2D eigenvalue weighted by molar-refractivity contribution is 0.660. The first-order chi connectivity index (χ1) is 13.6. The van der Waals surface area contributed by atoms with Crippen molar-refractivity contribution in [3.8, 4) is 22.3 Å². The Morgan fingerprint density at radius 2 is 1.32 bits per heavy atom. The number of rotatable bonds is 1. The van der Waals surface area contributed by atoms with Crippen LogP contribution >= 0.6 is 11.3 Å². The second-order valence-electron chi connectivity index (χ2n) is 8.21. The van der Waals surface area contributed by atoms with Gasteiger partial charge in [-0.2, -0.15) is 0 Å². The van der Waals surface area contributed by atoms with Crippen molar-refractivity contribution in [1.82, 2.24) is 0 Å². The van der Waals surface area contributed by atoms with Crippen molar-refractivity contribution in [3.63, 3.8) is 0 Å². The van der Waals surface area contributed by atoms with E-state index in [-0.39, 0.29) is 5.41 Å². The number of hydrogen-bond donors (Lipinski definition) is 0. The summed E-state index contributed by atoms with van der Waals surface area (Å²) in [4.78, 5) is 0. The van der Waals surface area contributed by atoms with E-state index in [0.717, 1.165) is 0 Å². The fourth-order valence-corrected chi connectivity index (χ4v) is 6.08. The van der Waals surface area contributed by atoms with E-state index >= 15 is 0 Å². The summed E-state index contributed by atoms with van der Waals surface area (Å²) in [5.74, 6) is 0. The van der Waals surface area contributed by atoms with Gasteiger partial charge >= 0.3 is 0 Å². The quantitative estimate of drug-likeness (QED) is 0.278. The maximum absolute atomic E-state index is 2.43. The maximum atomic E-state index is 2.43. The third-order valence-corrected chi connectivity index (χ3v) is 7.52. The monoisotopic (exact) mass is 376 g/mol. The van der Waals surface area contributed by atoms with Crippen molar-refractivity contribution in [3.05, 3.63) is 96.1 Å². The highest BCUT2D eigenvalue weighted by Crippen LogP contribution is 2.50. The zero-order chi connectivity index (χ0) is 18.9. The van der Waals surface area contributed by atoms with Crippen molar-refractivity contribution in [2.24, 2.45) is 0 Å². The molecular weight excluding hydrogens is 356 g/mol. The Balaban J connectivity index is 1.61. The molecule has 1 aliphatic carbocycles. The lowest BCUT2D eigenvalue weighted by Crippen LogP contribution is -2.14. The third-order valence-electron chi connectivity index (χ3n) is 6.30. The standard InChI is InChI=1S/C27H20S/c1-27(2)23-12-5-3-8-19(23)20-15-14-17(16-24(20)27)18-10-7-11-22-21-9-4-6-13-25(21)28-26(18)22/h3-16H,1-2H3. The largest absolute Gasteiger partial charge is 0.135 e. The predicted molar refractivity (Wildman–Crippen MR) is 122 cm³/mol. The van der Waals surface area contributed by atoms with Crippen molar-refractivity contribution in [1.29, 1.82) is 0 Å². The van der Waals surface area contributed by atoms with E-state index in [1.807, 2.05) is 11.3 Å². The van der Waals surface area contributed by atoms with E-state index in [1.165, 1.54) is 53.6 Å². The van der Waals surface area contributed by atoms with Gasteiger partial charge in [-0.15, -0.1) is 11.3 Å². The van der Waals surface area contributed by atoms with Gasteiger partial charge in [-0.3, -0.25) is 0 Å². The molecule has 6 rings (SSSR count). The van der Waals surface area contributed by atoms with Gasteiger partial charge in [0.1, 0.15) is 0 Å². The lowest BCUT2D eigenvalue weighted by Gasteiger charge is -2.22. The number of fused-ring (bicyclic) bond motifs is 6. The highest BCUT2D eigenvalue weighted by atomic mass is 32.1. The van der Waals surface area contributed by atoms with Gasteiger partial charge < -0.3 is 0 Å². The molecule has 5 aromatic rings. The van der Waals surface area contributed by atoms with E-state index in [2.05, 4.69) is 98.8 Å². The van der Waals surface area contributed by atoms with Crippen LogP contribution in [-0.4, -0.2) is 0 Å². The first-order valence-electron chi connectivity index (χ1n) is 9.79. The van der Waals surface area contributed by atoms with Gasteiger partial charge in [-0.25, -0.2) is 0 Å². The Morgan fingerprint density at radius 1 is 0.607 bits per heavy atom. The Hall–Kier alpha value is -2.90. The van der Waals surface area contributed by atoms with Crippen LogP contribution in [0.25, 0.3) is 42.4 Å². The SMILES string of the molecule is CC1(C)c2ccccc2-c2ccc(-c3cccc4c3sc3ccccc34)cc21. The van der Waals surface area contributed by atoms with Gasteiger partial charge in [0.25, 0.3) is 0 Å². The van der Waals surface area contributed by atoms with Gasteiger partial charge in [0, 0.05) is 25.6 Å². The highest BCUT2D eigenvalue weighted by molar-refractivity contribution is 7.26. The van der Waals surface area contributed by atoms with Crippen molar-refractivity contribution in [2.75, 3.05) is 0 Å². The molecule has 28 heavy (non-hydrogen) atoms. The molecule has 1 heterocycles. The zero-order valence-corrected chi connectivity index (χ0v) is 16.8. The van der Waals surface area contributed by atoms with Crippen LogP contribution in [0.5, 0.6) is 0 Å². The Kier molecular flexibility index (Phi) is 3.19. The summed E-state index contributed by atoms with van der Waals surface area (Å²) in [6.07, 6.45) is 0. The summed E-state index contributed by atoms with van der Waals surface area (Å²) < 4.78 is 2.75. The van der Waals surface area contributed by atoms with Crippen LogP contribution in [0, 0.1) is 0 Å². The summed E-state index contributed by atoms with van der Waals surface area (Å²) in [5, 5.41) is 2.72. The van der Waals surface area contributed by atoms with E-state index in [4.69, 9.17) is 0 Å². The van der Waals surface area contributed by atoms with Gasteiger partial charge in [0.2, 0.25) is 0 Å². The molecule has 0 amide bonds. The molecule has 0 fully saturated rings. The third kappa shape index (κ3) is 2.05. The molecule has 0 bridgehead atoms. The van der Waals surface area contributed by atoms with E-state index in [9.17, 15) is 0 Å². The van der Waals surface area contributed by atoms with E-state index in [1.54, 1.807) is 0 Å². The molecule has 0 atom stereocenters. The maximum Gasteiger partial charge on any atom is 0.0433 e. The minimum atomic E-state index is 0.0377. The van der Waals surface area contributed by atoms with Gasteiger partial charge in [-0.05, 0) is 45.5 Å². The van der Waals surface area contributed by atoms with Gasteiger partial charge in [0.15, 0.2) is 0 Å². The topological polar surface area (TPSA) is 0 Å². The summed E-state index contributed by atoms with van der Waals surface area (Å²) in [6.45, 7) is 4.70. The molecule has 0 radical (unpaired) electrons. The summed E-state index contributed by atoms with van der Waals surface area (Å²) >= 11 is 1.90. The molecule has 1 heteroatoms. The second-order valence-corrected chi connectivity index (χ2v) is 9.26. The molecule has 0 aliphatic heterocycles. The zero-order valence-electron chi connectivity index (χ0n) is 16.0. The fourth-order valence-electron chi connectivity index (χ4n) is 4.85. The van der Waals surface area contributed by atoms with Crippen LogP contribution in [0.4, 0.5) is 0 Å². The molecule has 0 nitrogen and oxygen atoms in total. The van der Waals surface area contributed by atoms with Gasteiger partial charge in [-0.1, -0.05) is 86.6 Å². The van der Waals surface area contributed by atoms with E-state index < -0.39 is 0 Å². The Labute approximate surface area is 169 Å². The van der Waals surface area contributed by atoms with Crippen molar-refractivity contribution >= 4 is 31.5 Å². The molecule has 1 aromatic heterocycles. The molecule has 0 unspecified atom stereocenters. The summed E-state index contributed by atoms with van der Waals surface area (Å²) in [6, 6.07) is 31.4. The smallest absolute Gasteiger partial charge is 0.0433 e. The van der Waals surface area contributed by atoms with Crippen LogP contribution in [0.1, 0.15) is 25.0 Å². The average Bonchev–Trinajstić information content (AvgIpc) is 3.22. The number of benzene rings is 4. The Morgan fingerprint density at radius 3 is 2.25 bits per heavy atom. The molecule has 0 N–H and O–H groups in total. The fraction of sp³-hybridized carbons (Fsp3) is 0.111. The molecule has 0 saturated heterocycles. The van der Waals surface area contributed by atoms with Crippen LogP contribution in [0.15, 0.2) is 84.9 Å². The summed E-state index contributed by atoms with van der Waals surface area (Å²) in [7, 11) is 0. The van der Waals surface area contributed by atoms with Crippen molar-refractivity contribution in [2.45, 2.75) is 19.3 Å². The molecule has 134 valence electrons. The number of hydrogen-bond acceptors (Lipinski definition) is 1. The normalized spacial score (nSPS) is 14.4. The van der Waals surface area contributed by atoms with Crippen LogP contribution < -0.4 is 0 Å². The highest BCUT2D eigenvalue weighted by Gasteiger charge is 2.35. The molecular formula is C27H20S. The average molecular weight is 377 g/mol. The predicted octanol–water partition coefficient (Wildman–Crippen LogP) is 8.03. The van der Waals surface area contributed by atoms with Crippen LogP contribution in [0.2, 0.25) is 0 Å². The minimum absolute atomic E-state index is 0.0377. The molecule has 4 aromatic carbocycles. The van der Waals surface area contributed by atoms with Crippen LogP contribution in [-0.2, 0) is 5.41 Å². The van der Waals surface area contributed by atoms with Gasteiger partial charge in [0.05, 0.1) is 0 Å². The number of thiophene rings is 1. The first-order valence-corrected chi connectivity index (χ1v) is 10.6.